The molecule has 0 unspecified atom stereocenters. The number of pyridine rings is 1. The first-order chi connectivity index (χ1) is 14.6. The van der Waals surface area contributed by atoms with Crippen LogP contribution in [0.25, 0.3) is 11.1 Å². The third-order valence-corrected chi connectivity index (χ3v) is 4.55. The van der Waals surface area contributed by atoms with Gasteiger partial charge in [0.2, 0.25) is 0 Å². The molecule has 3 heterocycles. The molecule has 2 atom stereocenters. The number of benzene rings is 1. The Hall–Kier alpha value is -2.62. The van der Waals surface area contributed by atoms with Gasteiger partial charge < -0.3 is 15.0 Å². The Morgan fingerprint density at radius 1 is 1.10 bits per heavy atom. The summed E-state index contributed by atoms with van der Waals surface area (Å²) in [6, 6.07) is 14.1. The van der Waals surface area contributed by atoms with Crippen LogP contribution in [0.15, 0.2) is 48.8 Å². The zero-order valence-electron chi connectivity index (χ0n) is 16.5. The summed E-state index contributed by atoms with van der Waals surface area (Å²) >= 11 is 2.06. The van der Waals surface area contributed by atoms with E-state index in [1.165, 1.54) is 6.20 Å². The molecular formula is C21H21CoF2N5O. The first-order valence-electron chi connectivity index (χ1n) is 9.33. The SMILES string of the molecule is C[C@@H]1CN(c2cc(Nc3cc(-c4cc[c-]cc4)cnn3)c(F)cn2)C[C@@H](C)O1.[F][Co+]. The van der Waals surface area contributed by atoms with Crippen molar-refractivity contribution < 1.29 is 28.9 Å². The summed E-state index contributed by atoms with van der Waals surface area (Å²) < 4.78 is 29.3. The number of hydrogen-bond donors (Lipinski definition) is 1. The number of anilines is 3. The van der Waals surface area contributed by atoms with Gasteiger partial charge in [-0.2, -0.15) is 35.4 Å². The fraction of sp³-hybridized carbons (Fsp3) is 0.286. The average molecular weight is 456 g/mol. The number of morpholine rings is 1. The van der Waals surface area contributed by atoms with Crippen molar-refractivity contribution in [3.8, 4) is 11.1 Å². The van der Waals surface area contributed by atoms with Crippen molar-refractivity contribution >= 4 is 17.3 Å². The normalized spacial score (nSPS) is 18.4. The molecule has 9 heteroatoms. The predicted molar refractivity (Wildman–Crippen MR) is 107 cm³/mol. The van der Waals surface area contributed by atoms with Gasteiger partial charge in [-0.05, 0) is 25.5 Å². The van der Waals surface area contributed by atoms with Crippen LogP contribution in [-0.2, 0) is 20.9 Å². The van der Waals surface area contributed by atoms with Crippen LogP contribution in [-0.4, -0.2) is 40.5 Å². The molecule has 1 aromatic carbocycles. The van der Waals surface area contributed by atoms with Gasteiger partial charge >= 0.3 is 19.8 Å². The molecule has 0 spiro atoms. The molecule has 2 aromatic heterocycles. The first-order valence-corrected chi connectivity index (χ1v) is 9.72. The zero-order chi connectivity index (χ0) is 21.5. The van der Waals surface area contributed by atoms with Gasteiger partial charge in [-0.1, -0.05) is 0 Å². The van der Waals surface area contributed by atoms with Gasteiger partial charge in [-0.15, -0.1) is 10.7 Å². The van der Waals surface area contributed by atoms with Crippen LogP contribution < -0.4 is 10.2 Å². The van der Waals surface area contributed by atoms with Gasteiger partial charge in [0, 0.05) is 19.2 Å². The minimum atomic E-state index is -0.445. The van der Waals surface area contributed by atoms with E-state index in [-0.39, 0.29) is 12.2 Å². The molecule has 0 saturated carbocycles. The maximum absolute atomic E-state index is 14.4. The molecule has 3 aromatic rings. The Kier molecular flexibility index (Phi) is 7.67. The molecule has 4 rings (SSSR count). The molecule has 1 saturated heterocycles. The van der Waals surface area contributed by atoms with E-state index in [0.717, 1.165) is 11.1 Å². The molecule has 1 aliphatic rings. The molecular weight excluding hydrogens is 435 g/mol. The molecule has 0 bridgehead atoms. The molecule has 1 aliphatic heterocycles. The van der Waals surface area contributed by atoms with Gasteiger partial charge in [0.05, 0.1) is 30.3 Å². The summed E-state index contributed by atoms with van der Waals surface area (Å²) in [6.45, 7) is 5.47. The molecule has 6 nitrogen and oxygen atoms in total. The third kappa shape index (κ3) is 5.50. The van der Waals surface area contributed by atoms with Crippen LogP contribution >= 0.6 is 0 Å². The molecule has 0 radical (unpaired) electrons. The summed E-state index contributed by atoms with van der Waals surface area (Å²) in [6.07, 6.45) is 3.09. The number of nitrogens with one attached hydrogen (secondary N) is 1. The van der Waals surface area contributed by atoms with Crippen molar-refractivity contribution in [1.29, 1.82) is 0 Å². The summed E-state index contributed by atoms with van der Waals surface area (Å²) in [4.78, 5) is 6.36. The van der Waals surface area contributed by atoms with Crippen LogP contribution in [0.2, 0.25) is 0 Å². The standard InChI is InChI=1S/C21H21FN5O.Co.FH/c1-14-12-27(13-15(2)28-14)21-9-19(18(22)11-23-21)25-20-8-17(10-24-26-20)16-6-4-3-5-7-16;;/h4-11,14-15H,12-13H2,1-2H3,(H,23,25,26);;1H/q-1;+2;/p-1/t14-,15-;;/m1../s1. The third-order valence-electron chi connectivity index (χ3n) is 4.55. The molecule has 30 heavy (non-hydrogen) atoms. The fourth-order valence-electron chi connectivity index (χ4n) is 3.36. The number of hydrogen-bond acceptors (Lipinski definition) is 6. The molecule has 0 amide bonds. The zero-order valence-corrected chi connectivity index (χ0v) is 17.5. The van der Waals surface area contributed by atoms with Crippen molar-refractivity contribution in [2.45, 2.75) is 26.1 Å². The Labute approximate surface area is 182 Å². The summed E-state index contributed by atoms with van der Waals surface area (Å²) in [7, 11) is 0. The second-order valence-electron chi connectivity index (χ2n) is 6.93. The Morgan fingerprint density at radius 3 is 2.50 bits per heavy atom. The molecule has 159 valence electrons. The number of halogens is 2. The fourth-order valence-corrected chi connectivity index (χ4v) is 3.36. The number of ether oxygens (including phenoxy) is 1. The molecule has 0 aliphatic carbocycles. The summed E-state index contributed by atoms with van der Waals surface area (Å²) in [5.74, 6) is 0.721. The van der Waals surface area contributed by atoms with Crippen LogP contribution in [0, 0.1) is 11.9 Å². The summed E-state index contributed by atoms with van der Waals surface area (Å²) in [5, 5.41) is 11.1. The Morgan fingerprint density at radius 2 is 1.80 bits per heavy atom. The number of nitrogens with zero attached hydrogens (tertiary/aromatic N) is 4. The van der Waals surface area contributed by atoms with Crippen molar-refractivity contribution in [2.75, 3.05) is 23.3 Å². The second-order valence-corrected chi connectivity index (χ2v) is 6.93. The van der Waals surface area contributed by atoms with Crippen LogP contribution in [0.4, 0.5) is 25.3 Å². The molecule has 1 N–H and O–H groups in total. The van der Waals surface area contributed by atoms with Gasteiger partial charge in [0.25, 0.3) is 0 Å². The predicted octanol–water partition coefficient (Wildman–Crippen LogP) is 4.25. The van der Waals surface area contributed by atoms with Crippen molar-refractivity contribution in [1.82, 2.24) is 15.2 Å². The Balaban J connectivity index is 0.00000124. The van der Waals surface area contributed by atoms with Gasteiger partial charge in [-0.3, -0.25) is 0 Å². The summed E-state index contributed by atoms with van der Waals surface area (Å²) in [5.41, 5.74) is 2.19. The first kappa shape index (κ1) is 22.1. The van der Waals surface area contributed by atoms with E-state index in [4.69, 9.17) is 4.74 Å². The number of rotatable bonds is 4. The van der Waals surface area contributed by atoms with Crippen molar-refractivity contribution in [3.05, 3.63) is 60.7 Å². The van der Waals surface area contributed by atoms with E-state index < -0.39 is 5.82 Å². The van der Waals surface area contributed by atoms with Crippen molar-refractivity contribution in [2.24, 2.45) is 0 Å². The van der Waals surface area contributed by atoms with Crippen molar-refractivity contribution in [3.63, 3.8) is 0 Å². The van der Waals surface area contributed by atoms with Crippen LogP contribution in [0.3, 0.4) is 0 Å². The van der Waals surface area contributed by atoms with Crippen LogP contribution in [0.5, 0.6) is 0 Å². The van der Waals surface area contributed by atoms with E-state index in [9.17, 15) is 7.97 Å². The number of aromatic nitrogens is 3. The monoisotopic (exact) mass is 456 g/mol. The molecule has 1 fully saturated rings. The average Bonchev–Trinajstić information content (AvgIpc) is 2.77. The van der Waals surface area contributed by atoms with E-state index in [1.807, 2.05) is 44.2 Å². The quantitative estimate of drug-likeness (QED) is 0.593. The van der Waals surface area contributed by atoms with Gasteiger partial charge in [0.15, 0.2) is 11.6 Å². The van der Waals surface area contributed by atoms with Crippen LogP contribution in [0.1, 0.15) is 13.8 Å². The van der Waals surface area contributed by atoms with E-state index >= 15 is 0 Å². The Bertz CT molecular complexity index is 953. The maximum atomic E-state index is 14.4. The second kappa shape index (κ2) is 10.4. The minimum absolute atomic E-state index is 0.0951. The van der Waals surface area contributed by atoms with Gasteiger partial charge in [-0.25, -0.2) is 9.37 Å². The topological polar surface area (TPSA) is 63.2 Å². The van der Waals surface area contributed by atoms with Gasteiger partial charge in [0.1, 0.15) is 5.82 Å². The van der Waals surface area contributed by atoms with E-state index in [2.05, 4.69) is 47.7 Å². The van der Waals surface area contributed by atoms with E-state index in [0.29, 0.717) is 30.4 Å². The van der Waals surface area contributed by atoms with E-state index in [1.54, 1.807) is 12.3 Å².